The van der Waals surface area contributed by atoms with E-state index in [9.17, 15) is 0 Å². The smallest absolute Gasteiger partial charge is 0.201 e. The van der Waals surface area contributed by atoms with Crippen molar-refractivity contribution in [2.75, 3.05) is 20.3 Å². The molecule has 1 spiro atoms. The number of ether oxygens (including phenoxy) is 4. The van der Waals surface area contributed by atoms with Gasteiger partial charge in [0.1, 0.15) is 0 Å². The van der Waals surface area contributed by atoms with Crippen molar-refractivity contribution in [3.8, 4) is 0 Å². The molecule has 25 heavy (non-hydrogen) atoms. The van der Waals surface area contributed by atoms with Gasteiger partial charge >= 0.3 is 0 Å². The number of fused-ring (bicyclic) bond motifs is 2. The van der Waals surface area contributed by atoms with Crippen LogP contribution in [0.4, 0.5) is 0 Å². The molecule has 0 amide bonds. The maximum atomic E-state index is 6.35. The van der Waals surface area contributed by atoms with Gasteiger partial charge in [-0.05, 0) is 44.4 Å². The Labute approximate surface area is 150 Å². The Morgan fingerprint density at radius 3 is 2.68 bits per heavy atom. The van der Waals surface area contributed by atoms with E-state index in [2.05, 4.69) is 13.8 Å². The lowest BCUT2D eigenvalue weighted by Gasteiger charge is -2.60. The van der Waals surface area contributed by atoms with Crippen molar-refractivity contribution < 1.29 is 28.7 Å². The van der Waals surface area contributed by atoms with Gasteiger partial charge in [-0.15, -0.1) is 0 Å². The highest BCUT2D eigenvalue weighted by molar-refractivity contribution is 5.09. The largest absolute Gasteiger partial charge is 0.385 e. The average Bonchev–Trinajstić information content (AvgIpc) is 2.82. The van der Waals surface area contributed by atoms with Gasteiger partial charge in [0, 0.05) is 32.0 Å². The second kappa shape index (κ2) is 6.73. The van der Waals surface area contributed by atoms with Gasteiger partial charge < -0.3 is 18.9 Å². The monoisotopic (exact) mass is 356 g/mol. The predicted octanol–water partition coefficient (Wildman–Crippen LogP) is 3.25. The molecule has 0 aromatic carbocycles. The zero-order chi connectivity index (χ0) is 17.7. The molecule has 6 heteroatoms. The van der Waals surface area contributed by atoms with Crippen molar-refractivity contribution in [1.29, 1.82) is 0 Å². The predicted molar refractivity (Wildman–Crippen MR) is 89.3 cm³/mol. The molecule has 0 radical (unpaired) electrons. The molecule has 5 fully saturated rings. The first-order chi connectivity index (χ1) is 12.0. The van der Waals surface area contributed by atoms with Gasteiger partial charge in [0.25, 0.3) is 0 Å². The standard InChI is InChI=1S/C19H32O6/c1-12-6-7-15-13(2)16(21-11-5-10-20-4)22-17-19(15)14(12)8-9-18(3,23-17)24-25-19/h12-17H,5-11H2,1-4H3/t12-,13-,14?,15?,16?,17-,18-,19-/m1/s1. The molecule has 3 unspecified atom stereocenters. The normalized spacial score (nSPS) is 51.8. The highest BCUT2D eigenvalue weighted by Crippen LogP contribution is 2.60. The van der Waals surface area contributed by atoms with Crippen LogP contribution in [0.2, 0.25) is 0 Å². The fraction of sp³-hybridized carbons (Fsp3) is 1.00. The van der Waals surface area contributed by atoms with Gasteiger partial charge in [-0.2, -0.15) is 0 Å². The Morgan fingerprint density at radius 2 is 1.88 bits per heavy atom. The molecule has 144 valence electrons. The van der Waals surface area contributed by atoms with E-state index in [4.69, 9.17) is 28.7 Å². The van der Waals surface area contributed by atoms with Crippen LogP contribution < -0.4 is 0 Å². The first-order valence-corrected chi connectivity index (χ1v) is 9.81. The fourth-order valence-electron chi connectivity index (χ4n) is 5.47. The summed E-state index contributed by atoms with van der Waals surface area (Å²) in [6.45, 7) is 7.82. The van der Waals surface area contributed by atoms with E-state index in [1.807, 2.05) is 6.92 Å². The summed E-state index contributed by atoms with van der Waals surface area (Å²) in [4.78, 5) is 11.9. The van der Waals surface area contributed by atoms with Crippen LogP contribution in [0.5, 0.6) is 0 Å². The van der Waals surface area contributed by atoms with Crippen LogP contribution in [0, 0.1) is 23.7 Å². The Morgan fingerprint density at radius 1 is 1.04 bits per heavy atom. The van der Waals surface area contributed by atoms with E-state index in [0.717, 1.165) is 25.7 Å². The molecule has 1 saturated carbocycles. The molecule has 5 rings (SSSR count). The van der Waals surface area contributed by atoms with E-state index in [1.54, 1.807) is 7.11 Å². The highest BCUT2D eigenvalue weighted by atomic mass is 17.3. The van der Waals surface area contributed by atoms with E-state index in [0.29, 0.717) is 31.0 Å². The molecule has 0 N–H and O–H groups in total. The molecule has 0 aromatic heterocycles. The quantitative estimate of drug-likeness (QED) is 0.557. The molecular weight excluding hydrogens is 324 g/mol. The minimum Gasteiger partial charge on any atom is -0.385 e. The van der Waals surface area contributed by atoms with Crippen molar-refractivity contribution in [1.82, 2.24) is 0 Å². The Balaban J connectivity index is 1.58. The summed E-state index contributed by atoms with van der Waals surface area (Å²) < 4.78 is 23.8. The average molecular weight is 356 g/mol. The summed E-state index contributed by atoms with van der Waals surface area (Å²) in [5, 5.41) is 0. The second-order valence-corrected chi connectivity index (χ2v) is 8.49. The number of hydrogen-bond acceptors (Lipinski definition) is 6. The molecule has 2 bridgehead atoms. The van der Waals surface area contributed by atoms with Crippen molar-refractivity contribution in [3.05, 3.63) is 0 Å². The Hall–Kier alpha value is -0.240. The van der Waals surface area contributed by atoms with Crippen LogP contribution in [0.25, 0.3) is 0 Å². The summed E-state index contributed by atoms with van der Waals surface area (Å²) >= 11 is 0. The highest BCUT2D eigenvalue weighted by Gasteiger charge is 2.69. The zero-order valence-electron chi connectivity index (χ0n) is 15.9. The zero-order valence-corrected chi connectivity index (χ0v) is 15.9. The van der Waals surface area contributed by atoms with Crippen molar-refractivity contribution in [2.45, 2.75) is 76.8 Å². The lowest BCUT2D eigenvalue weighted by molar-refractivity contribution is -0.577. The first-order valence-electron chi connectivity index (χ1n) is 9.81. The number of rotatable bonds is 5. The van der Waals surface area contributed by atoms with E-state index in [-0.39, 0.29) is 12.2 Å². The third-order valence-electron chi connectivity index (χ3n) is 6.87. The summed E-state index contributed by atoms with van der Waals surface area (Å²) in [7, 11) is 1.71. The minimum absolute atomic E-state index is 0.239. The Bertz CT molecular complexity index is 487. The third-order valence-corrected chi connectivity index (χ3v) is 6.87. The third kappa shape index (κ3) is 2.86. The topological polar surface area (TPSA) is 55.4 Å². The van der Waals surface area contributed by atoms with Gasteiger partial charge in [-0.25, -0.2) is 9.78 Å². The summed E-state index contributed by atoms with van der Waals surface area (Å²) in [6, 6.07) is 0. The van der Waals surface area contributed by atoms with Crippen LogP contribution >= 0.6 is 0 Å². The van der Waals surface area contributed by atoms with Crippen molar-refractivity contribution >= 4 is 0 Å². The number of hydrogen-bond donors (Lipinski definition) is 0. The van der Waals surface area contributed by atoms with E-state index >= 15 is 0 Å². The van der Waals surface area contributed by atoms with Gasteiger partial charge in [0.05, 0.1) is 6.61 Å². The van der Waals surface area contributed by atoms with Gasteiger partial charge in [-0.3, -0.25) is 0 Å². The van der Waals surface area contributed by atoms with E-state index in [1.165, 1.54) is 6.42 Å². The van der Waals surface area contributed by atoms with Gasteiger partial charge in [0.15, 0.2) is 18.2 Å². The molecule has 5 aliphatic rings. The molecule has 1 aliphatic carbocycles. The first kappa shape index (κ1) is 18.1. The molecule has 4 saturated heterocycles. The van der Waals surface area contributed by atoms with E-state index < -0.39 is 17.7 Å². The van der Waals surface area contributed by atoms with Crippen LogP contribution in [-0.2, 0) is 28.7 Å². The lowest BCUT2D eigenvalue weighted by atomic mass is 9.58. The molecule has 8 atom stereocenters. The molecule has 4 aliphatic heterocycles. The van der Waals surface area contributed by atoms with Gasteiger partial charge in [0.2, 0.25) is 5.79 Å². The Kier molecular flexibility index (Phi) is 4.88. The van der Waals surface area contributed by atoms with Gasteiger partial charge in [-0.1, -0.05) is 13.8 Å². The van der Waals surface area contributed by atoms with Crippen LogP contribution in [-0.4, -0.2) is 44.3 Å². The lowest BCUT2D eigenvalue weighted by Crippen LogP contribution is -2.70. The second-order valence-electron chi connectivity index (χ2n) is 8.49. The molecule has 6 nitrogen and oxygen atoms in total. The van der Waals surface area contributed by atoms with Crippen molar-refractivity contribution in [2.24, 2.45) is 23.7 Å². The van der Waals surface area contributed by atoms with Crippen LogP contribution in [0.15, 0.2) is 0 Å². The van der Waals surface area contributed by atoms with Crippen LogP contribution in [0.3, 0.4) is 0 Å². The van der Waals surface area contributed by atoms with Crippen molar-refractivity contribution in [3.63, 3.8) is 0 Å². The maximum absolute atomic E-state index is 6.35. The SMILES string of the molecule is COCCCOC1O[C@@H]2O[C@@]3(C)CCC4[C@H](C)CCC([C@H]1C)[C@]42OO3. The summed E-state index contributed by atoms with van der Waals surface area (Å²) in [5.41, 5.74) is -0.501. The molecule has 0 aromatic rings. The summed E-state index contributed by atoms with van der Waals surface area (Å²) in [6.07, 6.45) is 4.38. The molecule has 4 heterocycles. The number of methoxy groups -OCH3 is 1. The fourth-order valence-corrected chi connectivity index (χ4v) is 5.47. The maximum Gasteiger partial charge on any atom is 0.201 e. The molecular formula is C19H32O6. The van der Waals surface area contributed by atoms with Crippen LogP contribution in [0.1, 0.15) is 52.9 Å². The summed E-state index contributed by atoms with van der Waals surface area (Å²) in [5.74, 6) is 0.823. The minimum atomic E-state index is -0.724.